The molecule has 1 saturated heterocycles. The maximum absolute atomic E-state index is 12.2. The minimum atomic E-state index is -0.691. The second-order valence-corrected chi connectivity index (χ2v) is 10.2. The third-order valence-corrected chi connectivity index (χ3v) is 7.40. The third-order valence-electron chi connectivity index (χ3n) is 5.66. The second-order valence-electron chi connectivity index (χ2n) is 8.18. The van der Waals surface area contributed by atoms with E-state index in [9.17, 15) is 4.21 Å². The highest BCUT2D eigenvalue weighted by Gasteiger charge is 2.27. The van der Waals surface area contributed by atoms with Gasteiger partial charge in [0.05, 0.1) is 13.2 Å². The average molecular weight is 401 g/mol. The van der Waals surface area contributed by atoms with Gasteiger partial charge in [-0.05, 0) is 31.6 Å². The highest BCUT2D eigenvalue weighted by atomic mass is 32.2. The Morgan fingerprint density at radius 1 is 1.30 bits per heavy atom. The van der Waals surface area contributed by atoms with Crippen molar-refractivity contribution in [3.8, 4) is 0 Å². The SMILES string of the molecule is CCS(=O)C1CCCC(NC(=NC)NCC(CC(C)C)N2CCOCC2)C1. The molecule has 6 nitrogen and oxygen atoms in total. The summed E-state index contributed by atoms with van der Waals surface area (Å²) in [5.74, 6) is 2.31. The van der Waals surface area contributed by atoms with Crippen molar-refractivity contribution >= 4 is 16.8 Å². The Labute approximate surface area is 168 Å². The standard InChI is InChI=1S/C20H40N4O2S/c1-5-27(25)19-8-6-7-17(14-19)23-20(21-4)22-15-18(13-16(2)3)24-9-11-26-12-10-24/h16-19H,5-15H2,1-4H3,(H2,21,22,23). The molecule has 4 atom stereocenters. The number of guanidine groups is 1. The highest BCUT2D eigenvalue weighted by molar-refractivity contribution is 7.85. The first-order valence-corrected chi connectivity index (χ1v) is 12.1. The summed E-state index contributed by atoms with van der Waals surface area (Å²) in [6, 6.07) is 0.872. The molecule has 1 aliphatic carbocycles. The maximum Gasteiger partial charge on any atom is 0.191 e. The van der Waals surface area contributed by atoms with Crippen molar-refractivity contribution in [1.29, 1.82) is 0 Å². The number of rotatable bonds is 8. The van der Waals surface area contributed by atoms with Crippen LogP contribution in [0.2, 0.25) is 0 Å². The summed E-state index contributed by atoms with van der Waals surface area (Å²) in [7, 11) is 1.15. The molecule has 0 aromatic carbocycles. The van der Waals surface area contributed by atoms with Gasteiger partial charge in [-0.15, -0.1) is 0 Å². The van der Waals surface area contributed by atoms with Gasteiger partial charge >= 0.3 is 0 Å². The Morgan fingerprint density at radius 3 is 2.67 bits per heavy atom. The predicted molar refractivity (Wildman–Crippen MR) is 115 cm³/mol. The van der Waals surface area contributed by atoms with E-state index in [0.717, 1.165) is 70.2 Å². The van der Waals surface area contributed by atoms with Crippen molar-refractivity contribution in [3.63, 3.8) is 0 Å². The van der Waals surface area contributed by atoms with E-state index < -0.39 is 10.8 Å². The highest BCUT2D eigenvalue weighted by Crippen LogP contribution is 2.23. The summed E-state index contributed by atoms with van der Waals surface area (Å²) < 4.78 is 17.7. The molecule has 0 spiro atoms. The van der Waals surface area contributed by atoms with Gasteiger partial charge in [0, 0.05) is 60.6 Å². The predicted octanol–water partition coefficient (Wildman–Crippen LogP) is 1.98. The summed E-state index contributed by atoms with van der Waals surface area (Å²) >= 11 is 0. The molecule has 2 aliphatic rings. The number of aliphatic imine (C=N–C) groups is 1. The molecule has 0 amide bonds. The largest absolute Gasteiger partial charge is 0.379 e. The molecule has 7 heteroatoms. The van der Waals surface area contributed by atoms with Crippen LogP contribution in [0.15, 0.2) is 4.99 Å². The minimum absolute atomic E-state index is 0.335. The minimum Gasteiger partial charge on any atom is -0.379 e. The number of morpholine rings is 1. The number of hydrogen-bond acceptors (Lipinski definition) is 4. The molecule has 1 aliphatic heterocycles. The first-order valence-electron chi connectivity index (χ1n) is 10.7. The van der Waals surface area contributed by atoms with Gasteiger partial charge in [-0.25, -0.2) is 0 Å². The van der Waals surface area contributed by atoms with Crippen LogP contribution in [0.5, 0.6) is 0 Å². The van der Waals surface area contributed by atoms with Gasteiger partial charge in [0.15, 0.2) is 5.96 Å². The zero-order valence-corrected chi connectivity index (χ0v) is 18.5. The topological polar surface area (TPSA) is 66.0 Å². The van der Waals surface area contributed by atoms with Crippen LogP contribution in [0.1, 0.15) is 52.9 Å². The van der Waals surface area contributed by atoms with E-state index in [2.05, 4.69) is 34.4 Å². The van der Waals surface area contributed by atoms with Gasteiger partial charge in [-0.1, -0.05) is 27.2 Å². The summed E-state index contributed by atoms with van der Waals surface area (Å²) in [5, 5.41) is 7.48. The van der Waals surface area contributed by atoms with Gasteiger partial charge in [0.25, 0.3) is 0 Å². The number of hydrogen-bond donors (Lipinski definition) is 2. The molecular formula is C20H40N4O2S. The molecule has 27 heavy (non-hydrogen) atoms. The molecule has 2 N–H and O–H groups in total. The Bertz CT molecular complexity index is 481. The van der Waals surface area contributed by atoms with Gasteiger partial charge in [-0.3, -0.25) is 14.1 Å². The molecule has 0 bridgehead atoms. The van der Waals surface area contributed by atoms with E-state index in [-0.39, 0.29) is 0 Å². The van der Waals surface area contributed by atoms with Crippen molar-refractivity contribution in [2.75, 3.05) is 45.6 Å². The van der Waals surface area contributed by atoms with E-state index >= 15 is 0 Å². The van der Waals surface area contributed by atoms with Crippen LogP contribution >= 0.6 is 0 Å². The Morgan fingerprint density at radius 2 is 2.04 bits per heavy atom. The fraction of sp³-hybridized carbons (Fsp3) is 0.950. The van der Waals surface area contributed by atoms with E-state index in [0.29, 0.717) is 23.3 Å². The monoisotopic (exact) mass is 400 g/mol. The summed E-state index contributed by atoms with van der Waals surface area (Å²) in [5.41, 5.74) is 0. The van der Waals surface area contributed by atoms with Crippen LogP contribution in [-0.4, -0.2) is 78.1 Å². The fourth-order valence-corrected chi connectivity index (χ4v) is 5.55. The normalized spacial score (nSPS) is 27.4. The van der Waals surface area contributed by atoms with Gasteiger partial charge < -0.3 is 15.4 Å². The lowest BCUT2D eigenvalue weighted by Gasteiger charge is -2.36. The zero-order valence-electron chi connectivity index (χ0n) is 17.7. The number of ether oxygens (including phenoxy) is 1. The molecule has 2 rings (SSSR count). The number of nitrogens with one attached hydrogen (secondary N) is 2. The van der Waals surface area contributed by atoms with Crippen LogP contribution < -0.4 is 10.6 Å². The van der Waals surface area contributed by atoms with Crippen molar-refractivity contribution in [2.24, 2.45) is 10.9 Å². The van der Waals surface area contributed by atoms with E-state index in [1.165, 1.54) is 6.42 Å². The van der Waals surface area contributed by atoms with Crippen LogP contribution in [0.4, 0.5) is 0 Å². The summed E-state index contributed by atoms with van der Waals surface area (Å²) in [6.45, 7) is 11.2. The molecule has 0 radical (unpaired) electrons. The lowest BCUT2D eigenvalue weighted by atomic mass is 9.95. The Kier molecular flexibility index (Phi) is 10.1. The molecular weight excluding hydrogens is 360 g/mol. The first-order chi connectivity index (χ1) is 13.0. The Hall–Kier alpha value is -0.660. The van der Waals surface area contributed by atoms with E-state index in [1.54, 1.807) is 0 Å². The molecule has 2 fully saturated rings. The van der Waals surface area contributed by atoms with Crippen LogP contribution in [0.3, 0.4) is 0 Å². The molecule has 0 aromatic heterocycles. The maximum atomic E-state index is 12.2. The summed E-state index contributed by atoms with van der Waals surface area (Å²) in [4.78, 5) is 6.99. The molecule has 158 valence electrons. The number of nitrogens with zero attached hydrogens (tertiary/aromatic N) is 2. The van der Waals surface area contributed by atoms with E-state index in [1.807, 2.05) is 14.0 Å². The van der Waals surface area contributed by atoms with Crippen molar-refractivity contribution < 1.29 is 8.95 Å². The van der Waals surface area contributed by atoms with Crippen molar-refractivity contribution in [1.82, 2.24) is 15.5 Å². The summed E-state index contributed by atoms with van der Waals surface area (Å²) in [6.07, 6.45) is 5.54. The second kappa shape index (κ2) is 12.0. The van der Waals surface area contributed by atoms with Crippen LogP contribution in [0, 0.1) is 5.92 Å². The lowest BCUT2D eigenvalue weighted by molar-refractivity contribution is 0.0132. The van der Waals surface area contributed by atoms with Gasteiger partial charge in [0.1, 0.15) is 0 Å². The quantitative estimate of drug-likeness (QED) is 0.482. The smallest absolute Gasteiger partial charge is 0.191 e. The molecule has 1 heterocycles. The lowest BCUT2D eigenvalue weighted by Crippen LogP contribution is -2.52. The fourth-order valence-electron chi connectivity index (χ4n) is 4.20. The van der Waals surface area contributed by atoms with E-state index in [4.69, 9.17) is 4.74 Å². The third kappa shape index (κ3) is 7.70. The first kappa shape index (κ1) is 22.6. The molecule has 0 aromatic rings. The van der Waals surface area contributed by atoms with Gasteiger partial charge in [-0.2, -0.15) is 0 Å². The van der Waals surface area contributed by atoms with Crippen LogP contribution in [0.25, 0.3) is 0 Å². The van der Waals surface area contributed by atoms with Crippen molar-refractivity contribution in [3.05, 3.63) is 0 Å². The van der Waals surface area contributed by atoms with Crippen molar-refractivity contribution in [2.45, 2.75) is 70.2 Å². The Balaban J connectivity index is 1.86. The molecule has 4 unspecified atom stereocenters. The zero-order chi connectivity index (χ0) is 19.6. The average Bonchev–Trinajstić information content (AvgIpc) is 2.70. The van der Waals surface area contributed by atoms with Crippen LogP contribution in [-0.2, 0) is 15.5 Å². The molecule has 1 saturated carbocycles. The van der Waals surface area contributed by atoms with Gasteiger partial charge in [0.2, 0.25) is 0 Å².